The highest BCUT2D eigenvalue weighted by atomic mass is 15.2. The third kappa shape index (κ3) is 1.54. The van der Waals surface area contributed by atoms with E-state index < -0.39 is 0 Å². The Morgan fingerprint density at radius 3 is 2.62 bits per heavy atom. The van der Waals surface area contributed by atoms with Crippen molar-refractivity contribution in [1.82, 2.24) is 14.5 Å². The quantitative estimate of drug-likeness (QED) is 0.842. The largest absolute Gasteiger partial charge is 0.369 e. The van der Waals surface area contributed by atoms with E-state index in [2.05, 4.69) is 30.7 Å². The van der Waals surface area contributed by atoms with Gasteiger partial charge < -0.3 is 5.73 Å². The molecule has 0 aliphatic heterocycles. The number of hydrogen-bond donors (Lipinski definition) is 1. The molecule has 0 atom stereocenters. The zero-order valence-electron chi connectivity index (χ0n) is 10.3. The van der Waals surface area contributed by atoms with Gasteiger partial charge in [0.15, 0.2) is 5.65 Å². The van der Waals surface area contributed by atoms with E-state index in [0.717, 1.165) is 23.3 Å². The highest BCUT2D eigenvalue weighted by Crippen LogP contribution is 2.28. The van der Waals surface area contributed by atoms with Crippen LogP contribution in [0, 0.1) is 6.92 Å². The van der Waals surface area contributed by atoms with Gasteiger partial charge in [0.1, 0.15) is 5.52 Å². The molecular formula is C12H18N4. The minimum absolute atomic E-state index is 0.0559. The lowest BCUT2D eigenvalue weighted by Crippen LogP contribution is -2.26. The number of hydrogen-bond acceptors (Lipinski definition) is 3. The van der Waals surface area contributed by atoms with E-state index in [1.165, 1.54) is 0 Å². The highest BCUT2D eigenvalue weighted by Gasteiger charge is 2.23. The molecule has 2 rings (SSSR count). The second kappa shape index (κ2) is 3.47. The van der Waals surface area contributed by atoms with E-state index >= 15 is 0 Å². The third-order valence-electron chi connectivity index (χ3n) is 3.14. The molecule has 0 aliphatic carbocycles. The van der Waals surface area contributed by atoms with Gasteiger partial charge in [-0.1, -0.05) is 6.92 Å². The molecule has 0 saturated heterocycles. The summed E-state index contributed by atoms with van der Waals surface area (Å²) in [7, 11) is 0. The first-order valence-corrected chi connectivity index (χ1v) is 5.58. The predicted molar refractivity (Wildman–Crippen MR) is 66.3 cm³/mol. The van der Waals surface area contributed by atoms with Crippen molar-refractivity contribution >= 4 is 17.1 Å². The van der Waals surface area contributed by atoms with Gasteiger partial charge in [0, 0.05) is 11.2 Å². The molecule has 2 heterocycles. The fourth-order valence-electron chi connectivity index (χ4n) is 1.82. The Bertz CT molecular complexity index is 525. The van der Waals surface area contributed by atoms with Crippen LogP contribution < -0.4 is 5.73 Å². The number of aryl methyl sites for hydroxylation is 1. The summed E-state index contributed by atoms with van der Waals surface area (Å²) in [5.41, 5.74) is 8.65. The van der Waals surface area contributed by atoms with Gasteiger partial charge in [0.2, 0.25) is 5.95 Å². The third-order valence-corrected chi connectivity index (χ3v) is 3.14. The smallest absolute Gasteiger partial charge is 0.202 e. The van der Waals surface area contributed by atoms with E-state index in [4.69, 9.17) is 5.73 Å². The van der Waals surface area contributed by atoms with Gasteiger partial charge in [-0.2, -0.15) is 0 Å². The number of aromatic nitrogens is 3. The standard InChI is InChI=1S/C12H18N4/c1-5-12(3,4)16-10-9(15-11(16)13)7-6-8(2)14-10/h6-7H,5H2,1-4H3,(H2,13,15). The Balaban J connectivity index is 2.77. The van der Waals surface area contributed by atoms with Crippen molar-refractivity contribution in [2.75, 3.05) is 5.73 Å². The van der Waals surface area contributed by atoms with E-state index in [9.17, 15) is 0 Å². The molecule has 2 aromatic rings. The molecule has 0 radical (unpaired) electrons. The molecule has 2 N–H and O–H groups in total. The lowest BCUT2D eigenvalue weighted by molar-refractivity contribution is 0.355. The first kappa shape index (κ1) is 10.9. The summed E-state index contributed by atoms with van der Waals surface area (Å²) in [6, 6.07) is 3.92. The molecule has 0 bridgehead atoms. The summed E-state index contributed by atoms with van der Waals surface area (Å²) in [6.07, 6.45) is 0.984. The molecule has 0 fully saturated rings. The maximum absolute atomic E-state index is 5.98. The summed E-state index contributed by atoms with van der Waals surface area (Å²) in [5.74, 6) is 0.542. The first-order chi connectivity index (χ1) is 7.45. The summed E-state index contributed by atoms with van der Waals surface area (Å²) in [6.45, 7) is 8.41. The molecule has 4 heteroatoms. The summed E-state index contributed by atoms with van der Waals surface area (Å²) >= 11 is 0. The molecule has 0 amide bonds. The predicted octanol–water partition coefficient (Wildman–Crippen LogP) is 2.47. The molecule has 0 aliphatic rings. The van der Waals surface area contributed by atoms with Crippen LogP contribution in [0.15, 0.2) is 12.1 Å². The van der Waals surface area contributed by atoms with Gasteiger partial charge >= 0.3 is 0 Å². The van der Waals surface area contributed by atoms with Crippen LogP contribution in [0.1, 0.15) is 32.9 Å². The SMILES string of the molecule is CCC(C)(C)n1c(N)nc2ccc(C)nc21. The van der Waals surface area contributed by atoms with E-state index in [1.807, 2.05) is 23.6 Å². The van der Waals surface area contributed by atoms with Gasteiger partial charge in [-0.3, -0.25) is 4.57 Å². The Labute approximate surface area is 95.5 Å². The van der Waals surface area contributed by atoms with Crippen molar-refractivity contribution in [2.45, 2.75) is 39.7 Å². The Morgan fingerprint density at radius 2 is 2.00 bits per heavy atom. The topological polar surface area (TPSA) is 56.7 Å². The average Bonchev–Trinajstić information content (AvgIpc) is 2.54. The lowest BCUT2D eigenvalue weighted by atomic mass is 10.0. The van der Waals surface area contributed by atoms with Crippen LogP contribution in [0.3, 0.4) is 0 Å². The summed E-state index contributed by atoms with van der Waals surface area (Å²) in [4.78, 5) is 8.88. The minimum atomic E-state index is -0.0559. The summed E-state index contributed by atoms with van der Waals surface area (Å²) < 4.78 is 2.02. The molecule has 4 nitrogen and oxygen atoms in total. The number of fused-ring (bicyclic) bond motifs is 1. The minimum Gasteiger partial charge on any atom is -0.369 e. The van der Waals surface area contributed by atoms with Gasteiger partial charge in [0.05, 0.1) is 0 Å². The van der Waals surface area contributed by atoms with Crippen LogP contribution in [0.2, 0.25) is 0 Å². The molecule has 0 unspecified atom stereocenters. The molecular weight excluding hydrogens is 200 g/mol. The van der Waals surface area contributed by atoms with Crippen molar-refractivity contribution < 1.29 is 0 Å². The molecule has 86 valence electrons. The number of nitrogen functional groups attached to an aromatic ring is 1. The normalized spacial score (nSPS) is 12.2. The van der Waals surface area contributed by atoms with Gasteiger partial charge in [-0.05, 0) is 39.3 Å². The Kier molecular flexibility index (Phi) is 2.37. The van der Waals surface area contributed by atoms with Crippen molar-refractivity contribution in [3.8, 4) is 0 Å². The second-order valence-corrected chi connectivity index (χ2v) is 4.77. The number of nitrogens with two attached hydrogens (primary N) is 1. The van der Waals surface area contributed by atoms with Crippen LogP contribution >= 0.6 is 0 Å². The molecule has 0 aromatic carbocycles. The number of pyridine rings is 1. The van der Waals surface area contributed by atoms with Crippen LogP contribution in [-0.4, -0.2) is 14.5 Å². The molecule has 2 aromatic heterocycles. The molecule has 0 saturated carbocycles. The van der Waals surface area contributed by atoms with E-state index in [-0.39, 0.29) is 5.54 Å². The lowest BCUT2D eigenvalue weighted by Gasteiger charge is -2.26. The van der Waals surface area contributed by atoms with Crippen LogP contribution in [-0.2, 0) is 5.54 Å². The van der Waals surface area contributed by atoms with Crippen LogP contribution in [0.4, 0.5) is 5.95 Å². The monoisotopic (exact) mass is 218 g/mol. The number of rotatable bonds is 2. The van der Waals surface area contributed by atoms with E-state index in [1.54, 1.807) is 0 Å². The zero-order chi connectivity index (χ0) is 11.9. The van der Waals surface area contributed by atoms with Crippen molar-refractivity contribution in [3.05, 3.63) is 17.8 Å². The average molecular weight is 218 g/mol. The molecule has 0 spiro atoms. The highest BCUT2D eigenvalue weighted by molar-refractivity contribution is 5.74. The van der Waals surface area contributed by atoms with Crippen LogP contribution in [0.5, 0.6) is 0 Å². The number of nitrogens with zero attached hydrogens (tertiary/aromatic N) is 3. The van der Waals surface area contributed by atoms with Crippen LogP contribution in [0.25, 0.3) is 11.2 Å². The van der Waals surface area contributed by atoms with Crippen molar-refractivity contribution in [2.24, 2.45) is 0 Å². The number of anilines is 1. The van der Waals surface area contributed by atoms with Crippen molar-refractivity contribution in [1.29, 1.82) is 0 Å². The zero-order valence-corrected chi connectivity index (χ0v) is 10.3. The Hall–Kier alpha value is -1.58. The number of imidazole rings is 1. The fourth-order valence-corrected chi connectivity index (χ4v) is 1.82. The summed E-state index contributed by atoms with van der Waals surface area (Å²) in [5, 5.41) is 0. The van der Waals surface area contributed by atoms with E-state index in [0.29, 0.717) is 5.95 Å². The fraction of sp³-hybridized carbons (Fsp3) is 0.500. The van der Waals surface area contributed by atoms with Gasteiger partial charge in [0.25, 0.3) is 0 Å². The first-order valence-electron chi connectivity index (χ1n) is 5.58. The van der Waals surface area contributed by atoms with Gasteiger partial charge in [-0.25, -0.2) is 9.97 Å². The Morgan fingerprint density at radius 1 is 1.31 bits per heavy atom. The maximum atomic E-state index is 5.98. The molecule has 16 heavy (non-hydrogen) atoms. The van der Waals surface area contributed by atoms with Crippen molar-refractivity contribution in [3.63, 3.8) is 0 Å². The van der Waals surface area contributed by atoms with Gasteiger partial charge in [-0.15, -0.1) is 0 Å². The second-order valence-electron chi connectivity index (χ2n) is 4.77. The maximum Gasteiger partial charge on any atom is 0.202 e.